The zero-order valence-electron chi connectivity index (χ0n) is 14.8. The summed E-state index contributed by atoms with van der Waals surface area (Å²) in [6.45, 7) is 5.20. The number of nitrogens with zero attached hydrogens (tertiary/aromatic N) is 6. The minimum atomic E-state index is 0.250. The van der Waals surface area contributed by atoms with Crippen molar-refractivity contribution < 1.29 is 9.37 Å². The van der Waals surface area contributed by atoms with E-state index in [1.54, 1.807) is 0 Å². The normalized spacial score (nSPS) is 17.6. The Balaban J connectivity index is 1.48. The highest BCUT2D eigenvalue weighted by atomic mass is 16.6. The number of ether oxygens (including phenoxy) is 1. The summed E-state index contributed by atoms with van der Waals surface area (Å²) in [5.74, 6) is 0.723. The number of aromatic nitrogens is 4. The topological polar surface area (TPSA) is 127 Å². The van der Waals surface area contributed by atoms with Gasteiger partial charge in [0.1, 0.15) is 11.9 Å². The van der Waals surface area contributed by atoms with Gasteiger partial charge in [-0.15, -0.1) is 0 Å². The number of pyridine rings is 2. The van der Waals surface area contributed by atoms with E-state index in [1.807, 2.05) is 19.1 Å². The predicted octanol–water partition coefficient (Wildman–Crippen LogP) is 1.20. The first-order valence-corrected chi connectivity index (χ1v) is 8.68. The van der Waals surface area contributed by atoms with Crippen LogP contribution < -0.4 is 10.6 Å². The molecule has 0 bridgehead atoms. The molecular formula is C18H17N7O2. The van der Waals surface area contributed by atoms with Crippen LogP contribution in [0.1, 0.15) is 22.5 Å². The minimum Gasteiger partial charge on any atom is -0.396 e. The van der Waals surface area contributed by atoms with Gasteiger partial charge in [-0.1, -0.05) is 0 Å². The lowest BCUT2D eigenvalue weighted by Crippen LogP contribution is -2.66. The van der Waals surface area contributed by atoms with E-state index in [-0.39, 0.29) is 5.41 Å². The number of anilines is 2. The second-order valence-electron chi connectivity index (χ2n) is 7.34. The van der Waals surface area contributed by atoms with Crippen LogP contribution in [0.3, 0.4) is 0 Å². The zero-order chi connectivity index (χ0) is 18.6. The van der Waals surface area contributed by atoms with Gasteiger partial charge >= 0.3 is 0 Å². The SMILES string of the molecule is Cc1nc2nonc2c(N)c1Cc1ccc(C#N)c(N2CC3(COC3)C2)n1. The number of nitriles is 1. The lowest BCUT2D eigenvalue weighted by atomic mass is 9.78. The van der Waals surface area contributed by atoms with Crippen LogP contribution in [0.2, 0.25) is 0 Å². The number of aryl methyl sites for hydroxylation is 1. The molecule has 136 valence electrons. The molecule has 2 N–H and O–H groups in total. The Morgan fingerprint density at radius 3 is 2.78 bits per heavy atom. The summed E-state index contributed by atoms with van der Waals surface area (Å²) in [5.41, 5.74) is 10.9. The van der Waals surface area contributed by atoms with Crippen LogP contribution in [0.4, 0.5) is 11.5 Å². The summed E-state index contributed by atoms with van der Waals surface area (Å²) in [4.78, 5) is 11.3. The molecule has 9 nitrogen and oxygen atoms in total. The van der Waals surface area contributed by atoms with Crippen molar-refractivity contribution in [3.05, 3.63) is 34.6 Å². The summed E-state index contributed by atoms with van der Waals surface area (Å²) in [7, 11) is 0. The lowest BCUT2D eigenvalue weighted by molar-refractivity contribution is -0.127. The molecule has 2 aliphatic heterocycles. The largest absolute Gasteiger partial charge is 0.396 e. The maximum absolute atomic E-state index is 9.45. The fourth-order valence-corrected chi connectivity index (χ4v) is 3.80. The fourth-order valence-electron chi connectivity index (χ4n) is 3.80. The number of nitrogens with two attached hydrogens (primary N) is 1. The van der Waals surface area contributed by atoms with Crippen LogP contribution in [0.15, 0.2) is 16.8 Å². The van der Waals surface area contributed by atoms with Crippen molar-refractivity contribution in [1.29, 1.82) is 5.26 Å². The number of hydrogen-bond donors (Lipinski definition) is 1. The van der Waals surface area contributed by atoms with Gasteiger partial charge in [-0.2, -0.15) is 5.26 Å². The summed E-state index contributed by atoms with van der Waals surface area (Å²) in [6, 6.07) is 5.91. The highest BCUT2D eigenvalue weighted by Crippen LogP contribution is 2.40. The highest BCUT2D eigenvalue weighted by Gasteiger charge is 2.49. The molecule has 0 amide bonds. The quantitative estimate of drug-likeness (QED) is 0.730. The number of hydrogen-bond acceptors (Lipinski definition) is 9. The lowest BCUT2D eigenvalue weighted by Gasteiger charge is -2.55. The minimum absolute atomic E-state index is 0.250. The van der Waals surface area contributed by atoms with Crippen molar-refractivity contribution in [3.63, 3.8) is 0 Å². The average molecular weight is 363 g/mol. The maximum atomic E-state index is 9.45. The van der Waals surface area contributed by atoms with E-state index < -0.39 is 0 Å². The molecule has 9 heteroatoms. The third-order valence-electron chi connectivity index (χ3n) is 5.34. The van der Waals surface area contributed by atoms with Crippen LogP contribution in [0.5, 0.6) is 0 Å². The maximum Gasteiger partial charge on any atom is 0.226 e. The Morgan fingerprint density at radius 1 is 1.26 bits per heavy atom. The first kappa shape index (κ1) is 16.0. The standard InChI is InChI=1S/C18H17N7O2/c1-10-13(14(20)15-16(21-10)24-27-23-15)4-12-3-2-11(5-19)17(22-12)25-6-18(7-25)8-26-9-18/h2-3H,4,6-9,20H2,1H3. The van der Waals surface area contributed by atoms with E-state index in [9.17, 15) is 5.26 Å². The molecular weight excluding hydrogens is 346 g/mol. The van der Waals surface area contributed by atoms with Crippen LogP contribution in [-0.2, 0) is 11.2 Å². The van der Waals surface area contributed by atoms with Crippen molar-refractivity contribution in [2.45, 2.75) is 13.3 Å². The molecule has 3 aromatic heterocycles. The fraction of sp³-hybridized carbons (Fsp3) is 0.389. The van der Waals surface area contributed by atoms with Gasteiger partial charge in [-0.25, -0.2) is 14.6 Å². The monoisotopic (exact) mass is 363 g/mol. The molecule has 0 aromatic carbocycles. The second kappa shape index (κ2) is 5.62. The molecule has 0 unspecified atom stereocenters. The van der Waals surface area contributed by atoms with Crippen LogP contribution in [0, 0.1) is 23.7 Å². The molecule has 5 rings (SSSR count). The van der Waals surface area contributed by atoms with Gasteiger partial charge in [0.25, 0.3) is 0 Å². The van der Waals surface area contributed by atoms with E-state index in [1.165, 1.54) is 0 Å². The summed E-state index contributed by atoms with van der Waals surface area (Å²) in [6.07, 6.45) is 0.494. The Labute approximate surface area is 154 Å². The van der Waals surface area contributed by atoms with Crippen LogP contribution in [-0.4, -0.2) is 46.6 Å². The summed E-state index contributed by atoms with van der Waals surface area (Å²) < 4.78 is 10.1. The van der Waals surface area contributed by atoms with Gasteiger partial charge in [0, 0.05) is 36.5 Å². The van der Waals surface area contributed by atoms with Crippen LogP contribution in [0.25, 0.3) is 11.2 Å². The van der Waals surface area contributed by atoms with Crippen molar-refractivity contribution in [1.82, 2.24) is 20.3 Å². The van der Waals surface area contributed by atoms with Crippen molar-refractivity contribution >= 4 is 22.7 Å². The molecule has 5 heterocycles. The molecule has 2 saturated heterocycles. The number of fused-ring (bicyclic) bond motifs is 1. The average Bonchev–Trinajstić information content (AvgIpc) is 3.05. The van der Waals surface area contributed by atoms with Crippen molar-refractivity contribution in [2.24, 2.45) is 5.41 Å². The molecule has 0 aliphatic carbocycles. The van der Waals surface area contributed by atoms with Crippen LogP contribution >= 0.6 is 0 Å². The van der Waals surface area contributed by atoms with Crippen molar-refractivity contribution in [3.8, 4) is 6.07 Å². The first-order chi connectivity index (χ1) is 13.1. The van der Waals surface area contributed by atoms with Gasteiger partial charge in [-0.3, -0.25) is 0 Å². The Morgan fingerprint density at radius 2 is 2.07 bits per heavy atom. The van der Waals surface area contributed by atoms with E-state index in [2.05, 4.69) is 26.3 Å². The summed E-state index contributed by atoms with van der Waals surface area (Å²) >= 11 is 0. The Hall–Kier alpha value is -3.25. The Bertz CT molecular complexity index is 1090. The molecule has 0 saturated carbocycles. The van der Waals surface area contributed by atoms with Gasteiger partial charge in [0.05, 0.1) is 29.9 Å². The van der Waals surface area contributed by atoms with Gasteiger partial charge in [-0.05, 0) is 29.4 Å². The van der Waals surface area contributed by atoms with Gasteiger partial charge < -0.3 is 15.4 Å². The highest BCUT2D eigenvalue weighted by molar-refractivity contribution is 5.85. The second-order valence-corrected chi connectivity index (χ2v) is 7.34. The molecule has 1 spiro atoms. The molecule has 0 atom stereocenters. The Kier molecular flexibility index (Phi) is 3.32. The van der Waals surface area contributed by atoms with E-state index in [0.717, 1.165) is 49.1 Å². The smallest absolute Gasteiger partial charge is 0.226 e. The molecule has 3 aromatic rings. The molecule has 2 aliphatic rings. The molecule has 2 fully saturated rings. The molecule has 27 heavy (non-hydrogen) atoms. The van der Waals surface area contributed by atoms with Gasteiger partial charge in [0.15, 0.2) is 5.52 Å². The first-order valence-electron chi connectivity index (χ1n) is 8.68. The predicted molar refractivity (Wildman–Crippen MR) is 96.0 cm³/mol. The van der Waals surface area contributed by atoms with E-state index in [0.29, 0.717) is 28.8 Å². The van der Waals surface area contributed by atoms with Gasteiger partial charge in [0.2, 0.25) is 5.65 Å². The number of rotatable bonds is 3. The number of nitrogen functional groups attached to an aromatic ring is 1. The summed E-state index contributed by atoms with van der Waals surface area (Å²) in [5, 5.41) is 17.0. The molecule has 0 radical (unpaired) electrons. The third kappa shape index (κ3) is 2.41. The van der Waals surface area contributed by atoms with Crippen molar-refractivity contribution in [2.75, 3.05) is 36.9 Å². The van der Waals surface area contributed by atoms with E-state index in [4.69, 9.17) is 20.1 Å². The third-order valence-corrected chi connectivity index (χ3v) is 5.34. The van der Waals surface area contributed by atoms with E-state index >= 15 is 0 Å². The zero-order valence-corrected chi connectivity index (χ0v) is 14.8.